The number of nitrogens with zero attached hydrogens (tertiary/aromatic N) is 6. The van der Waals surface area contributed by atoms with Gasteiger partial charge in [0.25, 0.3) is 17.8 Å². The molecule has 0 aromatic carbocycles. The SMILES string of the molecule is CCN1CCN(CC2=[N+](C(C)C(C)=O)C3C(=O)N(C)C(=O)N(C)C3=N2)CC1. The standard InChI is InChI=1S/C18H29N6O3/c1-6-22-7-9-23(10-8-22)11-14-19-16-15(24(14)12(2)13(3)25)17(26)21(5)18(27)20(16)4/h12,15H,6-11H2,1-5H3/q+1. The zero-order valence-corrected chi connectivity index (χ0v) is 16.8. The first-order chi connectivity index (χ1) is 12.8. The molecule has 2 fully saturated rings. The van der Waals surface area contributed by atoms with Crippen LogP contribution in [0.15, 0.2) is 4.99 Å². The van der Waals surface area contributed by atoms with E-state index in [0.29, 0.717) is 18.2 Å². The van der Waals surface area contributed by atoms with Crippen molar-refractivity contribution in [1.29, 1.82) is 0 Å². The molecule has 3 amide bonds. The first-order valence-electron chi connectivity index (χ1n) is 9.49. The van der Waals surface area contributed by atoms with Crippen LogP contribution in [0.1, 0.15) is 20.8 Å². The average Bonchev–Trinajstić information content (AvgIpc) is 3.03. The van der Waals surface area contributed by atoms with E-state index in [1.54, 1.807) is 18.5 Å². The summed E-state index contributed by atoms with van der Waals surface area (Å²) in [6, 6.07) is -1.60. The maximum absolute atomic E-state index is 12.8. The first-order valence-corrected chi connectivity index (χ1v) is 9.49. The number of amides is 3. The lowest BCUT2D eigenvalue weighted by molar-refractivity contribution is -0.556. The largest absolute Gasteiger partial charge is 0.333 e. The predicted molar refractivity (Wildman–Crippen MR) is 101 cm³/mol. The fourth-order valence-electron chi connectivity index (χ4n) is 3.84. The van der Waals surface area contributed by atoms with Gasteiger partial charge in [-0.15, -0.1) is 0 Å². The van der Waals surface area contributed by atoms with Gasteiger partial charge >= 0.3 is 11.9 Å². The Kier molecular flexibility index (Phi) is 5.43. The summed E-state index contributed by atoms with van der Waals surface area (Å²) in [5.74, 6) is 0.731. The molecule has 3 aliphatic rings. The molecule has 2 atom stereocenters. The lowest BCUT2D eigenvalue weighted by atomic mass is 10.1. The summed E-state index contributed by atoms with van der Waals surface area (Å²) in [7, 11) is 3.09. The molecule has 2 unspecified atom stereocenters. The van der Waals surface area contributed by atoms with Gasteiger partial charge in [-0.2, -0.15) is 0 Å². The van der Waals surface area contributed by atoms with E-state index in [0.717, 1.165) is 37.6 Å². The Morgan fingerprint density at radius 2 is 1.74 bits per heavy atom. The lowest BCUT2D eigenvalue weighted by Crippen LogP contribution is -2.63. The summed E-state index contributed by atoms with van der Waals surface area (Å²) >= 11 is 0. The average molecular weight is 377 g/mol. The van der Waals surface area contributed by atoms with Gasteiger partial charge in [-0.25, -0.2) is 9.37 Å². The summed E-state index contributed by atoms with van der Waals surface area (Å²) in [6.45, 7) is 10.9. The van der Waals surface area contributed by atoms with Crippen LogP contribution in [0, 0.1) is 0 Å². The van der Waals surface area contributed by atoms with E-state index in [1.807, 2.05) is 0 Å². The van der Waals surface area contributed by atoms with Crippen LogP contribution in [-0.2, 0) is 9.59 Å². The molecular weight excluding hydrogens is 348 g/mol. The molecule has 9 heteroatoms. The number of amidine groups is 2. The third-order valence-corrected chi connectivity index (χ3v) is 5.83. The Balaban J connectivity index is 1.92. The maximum Gasteiger partial charge on any atom is 0.333 e. The van der Waals surface area contributed by atoms with Gasteiger partial charge < -0.3 is 4.90 Å². The fourth-order valence-corrected chi connectivity index (χ4v) is 3.84. The molecular formula is C18H29N6O3+. The van der Waals surface area contributed by atoms with Crippen molar-refractivity contribution < 1.29 is 19.0 Å². The molecule has 0 aromatic heterocycles. The van der Waals surface area contributed by atoms with E-state index in [2.05, 4.69) is 21.7 Å². The van der Waals surface area contributed by atoms with Crippen molar-refractivity contribution in [3.05, 3.63) is 0 Å². The number of fused-ring (bicyclic) bond motifs is 1. The van der Waals surface area contributed by atoms with E-state index < -0.39 is 18.1 Å². The third-order valence-electron chi connectivity index (χ3n) is 5.83. The van der Waals surface area contributed by atoms with Crippen LogP contribution in [0.25, 0.3) is 0 Å². The van der Waals surface area contributed by atoms with Crippen molar-refractivity contribution in [2.24, 2.45) is 4.99 Å². The van der Waals surface area contributed by atoms with Gasteiger partial charge in [-0.3, -0.25) is 24.3 Å². The molecule has 0 bridgehead atoms. The van der Waals surface area contributed by atoms with Gasteiger partial charge in [0, 0.05) is 40.3 Å². The molecule has 3 heterocycles. The number of carbonyl (C=O) groups is 3. The summed E-state index contributed by atoms with van der Waals surface area (Å²) in [5, 5.41) is 0. The van der Waals surface area contributed by atoms with E-state index in [1.165, 1.54) is 18.9 Å². The molecule has 3 aliphatic heterocycles. The second kappa shape index (κ2) is 7.47. The topological polar surface area (TPSA) is 79.5 Å². The highest BCUT2D eigenvalue weighted by atomic mass is 16.2. The number of aliphatic imine (C=N–C) groups is 1. The van der Waals surface area contributed by atoms with Crippen molar-refractivity contribution in [3.8, 4) is 0 Å². The van der Waals surface area contributed by atoms with Crippen molar-refractivity contribution >= 4 is 29.4 Å². The first kappa shape index (κ1) is 19.6. The number of imide groups is 1. The molecule has 2 saturated heterocycles. The summed E-state index contributed by atoms with van der Waals surface area (Å²) in [4.78, 5) is 49.1. The van der Waals surface area contributed by atoms with E-state index >= 15 is 0 Å². The van der Waals surface area contributed by atoms with Gasteiger partial charge in [0.05, 0.1) is 0 Å². The predicted octanol–water partition coefficient (Wildman–Crippen LogP) is -0.683. The molecule has 0 saturated carbocycles. The highest BCUT2D eigenvalue weighted by molar-refractivity contribution is 6.23. The molecule has 0 aromatic rings. The quantitative estimate of drug-likeness (QED) is 0.593. The molecule has 27 heavy (non-hydrogen) atoms. The Morgan fingerprint density at radius 3 is 2.30 bits per heavy atom. The molecule has 3 rings (SSSR count). The maximum atomic E-state index is 12.8. The van der Waals surface area contributed by atoms with Crippen LogP contribution >= 0.6 is 0 Å². The number of hydrogen-bond donors (Lipinski definition) is 0. The van der Waals surface area contributed by atoms with Crippen molar-refractivity contribution in [1.82, 2.24) is 19.6 Å². The normalized spacial score (nSPS) is 25.8. The van der Waals surface area contributed by atoms with E-state index in [4.69, 9.17) is 0 Å². The number of carbonyl (C=O) groups excluding carboxylic acids is 3. The number of likely N-dealkylation sites (N-methyl/N-ethyl adjacent to an activating group) is 3. The summed E-state index contributed by atoms with van der Waals surface area (Å²) in [6.07, 6.45) is 0. The van der Waals surface area contributed by atoms with Crippen LogP contribution in [0.2, 0.25) is 0 Å². The minimum absolute atomic E-state index is 0.0326. The van der Waals surface area contributed by atoms with Crippen molar-refractivity contribution in [2.75, 3.05) is 53.4 Å². The van der Waals surface area contributed by atoms with Crippen LogP contribution < -0.4 is 0 Å². The van der Waals surface area contributed by atoms with E-state index in [9.17, 15) is 14.4 Å². The van der Waals surface area contributed by atoms with Crippen molar-refractivity contribution in [2.45, 2.75) is 32.9 Å². The van der Waals surface area contributed by atoms with Gasteiger partial charge in [-0.05, 0) is 25.4 Å². The summed E-state index contributed by atoms with van der Waals surface area (Å²) < 4.78 is 1.80. The molecule has 0 aliphatic carbocycles. The summed E-state index contributed by atoms with van der Waals surface area (Å²) in [5.41, 5.74) is 0. The van der Waals surface area contributed by atoms with Gasteiger partial charge in [0.2, 0.25) is 0 Å². The van der Waals surface area contributed by atoms with Crippen LogP contribution in [0.3, 0.4) is 0 Å². The highest BCUT2D eigenvalue weighted by Crippen LogP contribution is 2.21. The molecule has 0 radical (unpaired) electrons. The number of piperazine rings is 1. The van der Waals surface area contributed by atoms with Crippen LogP contribution in [-0.4, -0.2) is 119 Å². The third kappa shape index (κ3) is 3.41. The van der Waals surface area contributed by atoms with Crippen LogP contribution in [0.5, 0.6) is 0 Å². The fraction of sp³-hybridized carbons (Fsp3) is 0.722. The number of rotatable bonds is 5. The second-order valence-electron chi connectivity index (χ2n) is 7.43. The number of urea groups is 1. The second-order valence-corrected chi connectivity index (χ2v) is 7.43. The minimum Gasteiger partial charge on any atom is -0.301 e. The highest BCUT2D eigenvalue weighted by Gasteiger charge is 2.54. The Labute approximate surface area is 159 Å². The zero-order chi connectivity index (χ0) is 19.9. The molecule has 0 N–H and O–H groups in total. The lowest BCUT2D eigenvalue weighted by Gasteiger charge is -2.33. The minimum atomic E-state index is -0.719. The van der Waals surface area contributed by atoms with Crippen molar-refractivity contribution in [3.63, 3.8) is 0 Å². The number of Topliss-reactive ketones (excluding diaryl/α,β-unsaturated/α-hetero) is 1. The zero-order valence-electron chi connectivity index (χ0n) is 16.8. The molecule has 148 valence electrons. The monoisotopic (exact) mass is 377 g/mol. The number of hydrogen-bond acceptors (Lipinski definition) is 6. The Bertz CT molecular complexity index is 723. The Hall–Kier alpha value is -2.13. The Morgan fingerprint density at radius 1 is 1.15 bits per heavy atom. The molecule has 9 nitrogen and oxygen atoms in total. The van der Waals surface area contributed by atoms with Crippen LogP contribution in [0.4, 0.5) is 4.79 Å². The van der Waals surface area contributed by atoms with Gasteiger partial charge in [0.15, 0.2) is 11.8 Å². The van der Waals surface area contributed by atoms with E-state index in [-0.39, 0.29) is 11.7 Å². The van der Waals surface area contributed by atoms with Gasteiger partial charge in [0.1, 0.15) is 6.54 Å². The molecule has 0 spiro atoms. The number of ketones is 1. The van der Waals surface area contributed by atoms with Gasteiger partial charge in [-0.1, -0.05) is 6.92 Å². The smallest absolute Gasteiger partial charge is 0.301 e.